The van der Waals surface area contributed by atoms with Gasteiger partial charge < -0.3 is 4.74 Å². The molecule has 2 aromatic carbocycles. The molecule has 1 N–H and O–H groups in total. The van der Waals surface area contributed by atoms with Gasteiger partial charge in [0.2, 0.25) is 10.0 Å². The van der Waals surface area contributed by atoms with Gasteiger partial charge in [0, 0.05) is 11.3 Å². The first kappa shape index (κ1) is 28.2. The molecule has 1 unspecified atom stereocenters. The van der Waals surface area contributed by atoms with Crippen molar-refractivity contribution in [3.8, 4) is 5.75 Å². The zero-order valence-corrected chi connectivity index (χ0v) is 22.8. The third-order valence-corrected chi connectivity index (χ3v) is 7.73. The van der Waals surface area contributed by atoms with E-state index in [1.165, 1.54) is 11.1 Å². The molecule has 0 radical (unpaired) electrons. The second-order valence-corrected chi connectivity index (χ2v) is 12.1. The van der Waals surface area contributed by atoms with Crippen molar-refractivity contribution in [2.45, 2.75) is 66.7 Å². The number of nitrogens with one attached hydrogen (secondary N) is 1. The highest BCUT2D eigenvalue weighted by Gasteiger charge is 2.22. The van der Waals surface area contributed by atoms with E-state index < -0.39 is 15.4 Å². The molecule has 2 aromatic rings. The summed E-state index contributed by atoms with van der Waals surface area (Å²) in [6.45, 7) is 11.9. The molecule has 0 saturated carbocycles. The lowest BCUT2D eigenvalue weighted by atomic mass is 9.89. The van der Waals surface area contributed by atoms with Crippen LogP contribution in [-0.4, -0.2) is 32.4 Å². The van der Waals surface area contributed by atoms with Crippen molar-refractivity contribution in [2.24, 2.45) is 5.41 Å². The van der Waals surface area contributed by atoms with E-state index in [1.54, 1.807) is 0 Å². The van der Waals surface area contributed by atoms with Gasteiger partial charge in [-0.2, -0.15) is 0 Å². The molecule has 0 fully saturated rings. The van der Waals surface area contributed by atoms with Crippen molar-refractivity contribution >= 4 is 33.1 Å². The number of hydrogen-bond donors (Lipinski definition) is 1. The fourth-order valence-electron chi connectivity index (χ4n) is 3.71. The first-order chi connectivity index (χ1) is 15.9. The molecule has 0 bridgehead atoms. The molecule has 188 valence electrons. The van der Waals surface area contributed by atoms with Crippen LogP contribution >= 0.6 is 11.6 Å². The standard InChI is InChI=1S/C27H38ClNO4S/c1-7-22(23-11-13-25(20(3)17-23)33-18-26(30)27(4,5)6)10-8-21-9-12-24(19(2)16-21)29-34(31,32)15-14-28/h9,11-13,16-17,22,29H,7-8,10,14-15,18H2,1-6H3. The molecule has 5 nitrogen and oxygen atoms in total. The molecule has 0 aromatic heterocycles. The average molecular weight is 508 g/mol. The lowest BCUT2D eigenvalue weighted by molar-refractivity contribution is -0.128. The topological polar surface area (TPSA) is 72.5 Å². The van der Waals surface area contributed by atoms with E-state index >= 15 is 0 Å². The van der Waals surface area contributed by atoms with Crippen LogP contribution in [0.5, 0.6) is 5.75 Å². The summed E-state index contributed by atoms with van der Waals surface area (Å²) in [7, 11) is -3.42. The number of carbonyl (C=O) groups is 1. The van der Waals surface area contributed by atoms with E-state index in [0.29, 0.717) is 11.6 Å². The van der Waals surface area contributed by atoms with Crippen LogP contribution in [0, 0.1) is 19.3 Å². The number of ketones is 1. The van der Waals surface area contributed by atoms with E-state index in [4.69, 9.17) is 16.3 Å². The van der Waals surface area contributed by atoms with Gasteiger partial charge in [-0.3, -0.25) is 9.52 Å². The molecular formula is C27H38ClNO4S. The number of halogens is 1. The van der Waals surface area contributed by atoms with Crippen LogP contribution in [0.3, 0.4) is 0 Å². The number of aryl methyl sites for hydroxylation is 3. The van der Waals surface area contributed by atoms with E-state index in [2.05, 4.69) is 23.8 Å². The molecular weight excluding hydrogens is 470 g/mol. The van der Waals surface area contributed by atoms with E-state index in [-0.39, 0.29) is 24.0 Å². The number of anilines is 1. The largest absolute Gasteiger partial charge is 0.486 e. The second kappa shape index (κ2) is 12.1. The van der Waals surface area contributed by atoms with Crippen LogP contribution in [0.4, 0.5) is 5.69 Å². The van der Waals surface area contributed by atoms with Crippen molar-refractivity contribution in [1.29, 1.82) is 0 Å². The summed E-state index contributed by atoms with van der Waals surface area (Å²) in [5, 5.41) is 0. The van der Waals surface area contributed by atoms with Crippen LogP contribution in [0.25, 0.3) is 0 Å². The minimum Gasteiger partial charge on any atom is -0.486 e. The Balaban J connectivity index is 2.03. The summed E-state index contributed by atoms with van der Waals surface area (Å²) < 4.78 is 32.4. The Labute approximate surface area is 210 Å². The predicted octanol–water partition coefficient (Wildman–Crippen LogP) is 6.40. The number of carbonyl (C=O) groups excluding carboxylic acids is 1. The van der Waals surface area contributed by atoms with Gasteiger partial charge in [-0.25, -0.2) is 8.42 Å². The number of sulfonamides is 1. The SMILES string of the molecule is CCC(CCc1ccc(NS(=O)(=O)CCCl)c(C)c1)c1ccc(OCC(=O)C(C)(C)C)c(C)c1. The van der Waals surface area contributed by atoms with Crippen LogP contribution in [0.1, 0.15) is 68.7 Å². The van der Waals surface area contributed by atoms with Crippen LogP contribution in [0.2, 0.25) is 0 Å². The molecule has 0 heterocycles. The van der Waals surface area contributed by atoms with Gasteiger partial charge in [-0.15, -0.1) is 11.6 Å². The maximum atomic E-state index is 12.2. The van der Waals surface area contributed by atoms with Crippen molar-refractivity contribution < 1.29 is 17.9 Å². The highest BCUT2D eigenvalue weighted by molar-refractivity contribution is 7.92. The molecule has 0 aliphatic heterocycles. The number of benzene rings is 2. The summed E-state index contributed by atoms with van der Waals surface area (Å²) in [4.78, 5) is 12.2. The number of hydrogen-bond acceptors (Lipinski definition) is 4. The van der Waals surface area contributed by atoms with Crippen molar-refractivity contribution in [3.63, 3.8) is 0 Å². The first-order valence-electron chi connectivity index (χ1n) is 11.8. The van der Waals surface area contributed by atoms with Gasteiger partial charge in [0.1, 0.15) is 12.4 Å². The number of rotatable bonds is 12. The third kappa shape index (κ3) is 8.31. The molecule has 0 aliphatic carbocycles. The highest BCUT2D eigenvalue weighted by atomic mass is 35.5. The summed E-state index contributed by atoms with van der Waals surface area (Å²) >= 11 is 5.58. The maximum Gasteiger partial charge on any atom is 0.233 e. The highest BCUT2D eigenvalue weighted by Crippen LogP contribution is 2.30. The van der Waals surface area contributed by atoms with Crippen LogP contribution in [-0.2, 0) is 21.2 Å². The lowest BCUT2D eigenvalue weighted by Crippen LogP contribution is -2.26. The minimum absolute atomic E-state index is 0.0620. The predicted molar refractivity (Wildman–Crippen MR) is 142 cm³/mol. The molecule has 0 aliphatic rings. The van der Waals surface area contributed by atoms with Gasteiger partial charge in [0.05, 0.1) is 11.4 Å². The Kier molecular flexibility index (Phi) is 10.0. The first-order valence-corrected chi connectivity index (χ1v) is 14.0. The third-order valence-electron chi connectivity index (χ3n) is 6.04. The Hall–Kier alpha value is -2.05. The summed E-state index contributed by atoms with van der Waals surface area (Å²) in [6.07, 6.45) is 2.89. The van der Waals surface area contributed by atoms with Crippen molar-refractivity contribution in [2.75, 3.05) is 23.0 Å². The number of ether oxygens (including phenoxy) is 1. The van der Waals surface area contributed by atoms with Crippen molar-refractivity contribution in [1.82, 2.24) is 0 Å². The van der Waals surface area contributed by atoms with Gasteiger partial charge >= 0.3 is 0 Å². The van der Waals surface area contributed by atoms with E-state index in [9.17, 15) is 13.2 Å². The van der Waals surface area contributed by atoms with Gasteiger partial charge in [-0.1, -0.05) is 52.0 Å². The lowest BCUT2D eigenvalue weighted by Gasteiger charge is -2.20. The number of alkyl halides is 1. The molecule has 0 spiro atoms. The number of Topliss-reactive ketones (excluding diaryl/α,β-unsaturated/α-hetero) is 1. The van der Waals surface area contributed by atoms with Crippen LogP contribution in [0.15, 0.2) is 36.4 Å². The molecule has 1 atom stereocenters. The van der Waals surface area contributed by atoms with E-state index in [0.717, 1.165) is 36.1 Å². The van der Waals surface area contributed by atoms with Gasteiger partial charge in [0.25, 0.3) is 0 Å². The smallest absolute Gasteiger partial charge is 0.233 e. The fourth-order valence-corrected chi connectivity index (χ4v) is 5.19. The molecule has 34 heavy (non-hydrogen) atoms. The second-order valence-electron chi connectivity index (χ2n) is 9.89. The zero-order chi connectivity index (χ0) is 25.5. The summed E-state index contributed by atoms with van der Waals surface area (Å²) in [5.74, 6) is 1.18. The summed E-state index contributed by atoms with van der Waals surface area (Å²) in [5.41, 5.74) is 4.54. The van der Waals surface area contributed by atoms with Crippen molar-refractivity contribution in [3.05, 3.63) is 58.7 Å². The normalized spacial score (nSPS) is 12.9. The van der Waals surface area contributed by atoms with Gasteiger partial charge in [0.15, 0.2) is 5.78 Å². The Morgan fingerprint density at radius 2 is 1.79 bits per heavy atom. The monoisotopic (exact) mass is 507 g/mol. The molecule has 0 saturated heterocycles. The Bertz CT molecular complexity index is 1090. The molecule has 2 rings (SSSR count). The van der Waals surface area contributed by atoms with E-state index in [1.807, 2.05) is 58.9 Å². The summed E-state index contributed by atoms with van der Waals surface area (Å²) in [6, 6.07) is 12.1. The quantitative estimate of drug-likeness (QED) is 0.337. The minimum atomic E-state index is -3.42. The Morgan fingerprint density at radius 3 is 2.35 bits per heavy atom. The zero-order valence-electron chi connectivity index (χ0n) is 21.2. The average Bonchev–Trinajstić information content (AvgIpc) is 2.74. The Morgan fingerprint density at radius 1 is 1.09 bits per heavy atom. The van der Waals surface area contributed by atoms with Gasteiger partial charge in [-0.05, 0) is 73.4 Å². The maximum absolute atomic E-state index is 12.2. The molecule has 0 amide bonds. The fraction of sp³-hybridized carbons (Fsp3) is 0.519. The van der Waals surface area contributed by atoms with Crippen LogP contribution < -0.4 is 9.46 Å². The molecule has 7 heteroatoms.